The van der Waals surface area contributed by atoms with Gasteiger partial charge >= 0.3 is 199 Å². The average molecular weight is 1470 g/mol. The minimum Gasteiger partial charge on any atom is -0.744 e. The molecule has 0 unspecified atom stereocenters. The summed E-state index contributed by atoms with van der Waals surface area (Å²) in [7, 11) is -26.4. The number of aromatic hydroxyl groups is 2. The molecule has 6 N–H and O–H groups in total. The Balaban J connectivity index is 0.00000212. The van der Waals surface area contributed by atoms with Crippen LogP contribution in [0.4, 0.5) is 56.9 Å². The Morgan fingerprint density at radius 3 is 1.33 bits per heavy atom. The molecule has 0 amide bonds. The molecule has 0 saturated carbocycles. The molecule has 0 saturated heterocycles. The second-order valence-electron chi connectivity index (χ2n) is 18.0. The topological polar surface area (TPSA) is 523 Å². The van der Waals surface area contributed by atoms with E-state index in [0.717, 1.165) is 24.3 Å². The molecule has 10 aromatic carbocycles. The van der Waals surface area contributed by atoms with Gasteiger partial charge in [0.2, 0.25) is 0 Å². The zero-order valence-electron chi connectivity index (χ0n) is 50.4. The molecule has 0 fully saturated rings. The van der Waals surface area contributed by atoms with Gasteiger partial charge in [0.25, 0.3) is 0 Å². The Morgan fingerprint density at radius 1 is 0.406 bits per heavy atom. The van der Waals surface area contributed by atoms with E-state index >= 15 is 0 Å². The second-order valence-corrected chi connectivity index (χ2v) is 24.3. The van der Waals surface area contributed by atoms with Gasteiger partial charge in [-0.1, -0.05) is 59.3 Å². The molecule has 0 aliphatic heterocycles. The SMILES string of the molecule is Nc1ccc(N=Nc2ccc(/C=C/c3[c-]cc(N=Nc4ccc(N)c5c(O)c(N=Nc6cccc7ccc(S(=O)(=O)[O-])cc67)c(S(=O)(=O)[O-])cc45)cc3)c(S(=O)(=O)[O-])c2)c2c[c-]c(N=Nc3cccc4ccc(S(=O)(=O)[O-])cc34)c(O)c12.O=S(=O)=O.O=S(=O)=O.[Na+].[Na+].[Na+].[Na+].[Na+].[Na+]. The fourth-order valence-corrected chi connectivity index (χ4v) is 10.8. The van der Waals surface area contributed by atoms with Gasteiger partial charge in [0, 0.05) is 50.3 Å². The Morgan fingerprint density at radius 2 is 0.854 bits per heavy atom. The van der Waals surface area contributed by atoms with Crippen LogP contribution >= 0.6 is 0 Å². The number of phenols is 2. The zero-order chi connectivity index (χ0) is 65.6. The number of azo groups is 4. The molecule has 0 aliphatic rings. The van der Waals surface area contributed by atoms with Crippen molar-refractivity contribution in [3.8, 4) is 11.5 Å². The van der Waals surface area contributed by atoms with E-state index in [-0.39, 0.29) is 261 Å². The molecular weight excluding hydrogens is 1440 g/mol. The third kappa shape index (κ3) is 22.5. The molecule has 0 bridgehead atoms. The molecule has 0 spiro atoms. The number of nitrogens with zero attached hydrogens (tertiary/aromatic N) is 8. The molecule has 30 nitrogen and oxygen atoms in total. The maximum atomic E-state index is 12.6. The summed E-state index contributed by atoms with van der Waals surface area (Å²) in [6.45, 7) is 0. The predicted octanol–water partition coefficient (Wildman–Crippen LogP) is -8.06. The van der Waals surface area contributed by atoms with Crippen LogP contribution < -0.4 is 189 Å². The monoisotopic (exact) mass is 1470 g/mol. The van der Waals surface area contributed by atoms with Gasteiger partial charge in [0.05, 0.1) is 47.7 Å². The van der Waals surface area contributed by atoms with E-state index in [2.05, 4.69) is 53.0 Å². The number of anilines is 2. The first-order valence-corrected chi connectivity index (χ1v) is 31.9. The Kier molecular flexibility index (Phi) is 33.9. The normalized spacial score (nSPS) is 11.6. The summed E-state index contributed by atoms with van der Waals surface area (Å²) in [5.74, 6) is -1.31. The Bertz CT molecular complexity index is 5500. The second kappa shape index (κ2) is 37.2. The van der Waals surface area contributed by atoms with E-state index < -0.39 is 98.5 Å². The number of fused-ring (bicyclic) bond motifs is 4. The van der Waals surface area contributed by atoms with Crippen molar-refractivity contribution in [3.05, 3.63) is 169 Å². The molecule has 96 heavy (non-hydrogen) atoms. The minimum atomic E-state index is -5.40. The third-order valence-corrected chi connectivity index (χ3v) is 15.8. The number of benzene rings is 10. The first-order valence-electron chi connectivity index (χ1n) is 24.3. The van der Waals surface area contributed by atoms with E-state index in [0.29, 0.717) is 21.7 Å². The molecule has 42 heteroatoms. The number of phenolic OH excluding ortho intramolecular Hbond substituents is 2. The van der Waals surface area contributed by atoms with Gasteiger partial charge in [0.1, 0.15) is 46.2 Å². The number of nitrogen functional groups attached to an aromatic ring is 2. The van der Waals surface area contributed by atoms with Gasteiger partial charge in [-0.25, -0.2) is 38.8 Å². The van der Waals surface area contributed by atoms with Gasteiger partial charge in [-0.15, -0.1) is 65.8 Å². The fourth-order valence-electron chi connectivity index (χ4n) is 8.47. The smallest absolute Gasteiger partial charge is 0.744 e. The minimum absolute atomic E-state index is 0. The third-order valence-electron chi connectivity index (χ3n) is 12.4. The van der Waals surface area contributed by atoms with Crippen LogP contribution in [0, 0.1) is 12.1 Å². The van der Waals surface area contributed by atoms with Crippen molar-refractivity contribution >= 4 is 174 Å². The van der Waals surface area contributed by atoms with E-state index in [1.54, 1.807) is 18.2 Å². The van der Waals surface area contributed by atoms with E-state index in [1.165, 1.54) is 115 Å². The van der Waals surface area contributed by atoms with Crippen molar-refractivity contribution in [2.75, 3.05) is 11.5 Å². The first-order chi connectivity index (χ1) is 42.3. The van der Waals surface area contributed by atoms with Gasteiger partial charge < -0.3 is 39.9 Å². The Labute approximate surface area is 680 Å². The number of hydrogen-bond donors (Lipinski definition) is 4. The molecule has 0 heterocycles. The summed E-state index contributed by atoms with van der Waals surface area (Å²) in [6, 6.07) is 38.3. The van der Waals surface area contributed by atoms with Crippen LogP contribution in [0.5, 0.6) is 11.5 Å². The van der Waals surface area contributed by atoms with Crippen molar-refractivity contribution in [1.29, 1.82) is 0 Å². The Hall–Kier alpha value is -4.54. The molecule has 460 valence electrons. The summed E-state index contributed by atoms with van der Waals surface area (Å²) in [5, 5.41) is 57.1. The summed E-state index contributed by atoms with van der Waals surface area (Å²) >= 11 is 0. The average Bonchev–Trinajstić information content (AvgIpc) is 0.766. The molecule has 0 radical (unpaired) electrons. The molecule has 0 aliphatic carbocycles. The van der Waals surface area contributed by atoms with Crippen LogP contribution in [0.1, 0.15) is 11.1 Å². The van der Waals surface area contributed by atoms with Crippen molar-refractivity contribution in [3.63, 3.8) is 0 Å². The summed E-state index contributed by atoms with van der Waals surface area (Å²) < 4.78 is 196. The molecule has 0 atom stereocenters. The van der Waals surface area contributed by atoms with Crippen LogP contribution in [0.3, 0.4) is 0 Å². The predicted molar refractivity (Wildman–Crippen MR) is 315 cm³/mol. The standard InChI is InChI=1S/C54H36N10O14S4.6Na.2O3S/c55-41-20-23-45(37-19-22-47(53(65)50(37)41)63-61-43-5-1-3-30-12-17-35(26-38(30)43)79(67,68)69)59-58-34-16-11-32(48(25-34)81(73,74)75)10-7-29-8-14-33(15-9-29)57-60-46-24-21-42(56)51-40(46)28-49(82(76,77)78)52(54(51)66)64-62-44-6-2-4-31-13-18-36(27-39(31)44)80(70,71)72;;;;;;;2*1-4(2)3/h1-8,10-21,23-28,65-66H,55-56H2,(H,67,68,69)(H,70,71,72)(H,73,74,75)(H,76,77,78);;;;;;;;/q-2;6*+1;;/p-4/b10-7+,59-58?,60-57?,63-61?,64-62?;;;;;;;;. The number of rotatable bonds is 14. The van der Waals surface area contributed by atoms with Gasteiger partial charge in [-0.3, -0.25) is 0 Å². The van der Waals surface area contributed by atoms with Crippen molar-refractivity contribution in [1.82, 2.24) is 0 Å². The van der Waals surface area contributed by atoms with Crippen LogP contribution in [0.25, 0.3) is 55.2 Å². The molecule has 0 aromatic heterocycles. The van der Waals surface area contributed by atoms with Crippen molar-refractivity contribution in [2.45, 2.75) is 19.6 Å². The van der Waals surface area contributed by atoms with Crippen LogP contribution in [-0.4, -0.2) is 87.3 Å². The van der Waals surface area contributed by atoms with Gasteiger partial charge in [0.15, 0.2) is 5.75 Å². The maximum absolute atomic E-state index is 12.6. The van der Waals surface area contributed by atoms with E-state index in [9.17, 15) is 62.1 Å². The summed E-state index contributed by atoms with van der Waals surface area (Å²) in [5.41, 5.74) is 12.3. The van der Waals surface area contributed by atoms with Gasteiger partial charge in [-0.2, -0.15) is 43.3 Å². The number of nitrogens with two attached hydrogens (primary N) is 2. The maximum Gasteiger partial charge on any atom is 1.00 e. The van der Waals surface area contributed by atoms with Crippen molar-refractivity contribution in [2.24, 2.45) is 40.9 Å². The van der Waals surface area contributed by atoms with Crippen LogP contribution in [0.15, 0.2) is 206 Å². The molecule has 10 rings (SSSR count). The van der Waals surface area contributed by atoms with Crippen LogP contribution in [0.2, 0.25) is 0 Å². The largest absolute Gasteiger partial charge is 1.00 e. The van der Waals surface area contributed by atoms with E-state index in [1.807, 2.05) is 0 Å². The summed E-state index contributed by atoms with van der Waals surface area (Å²) in [6.07, 6.45) is 2.80. The first kappa shape index (κ1) is 87.5. The van der Waals surface area contributed by atoms with Crippen molar-refractivity contribution < 1.29 is 265 Å². The fraction of sp³-hybridized carbons (Fsp3) is 0. The quantitative estimate of drug-likeness (QED) is 0.0196. The van der Waals surface area contributed by atoms with Gasteiger partial charge in [-0.05, 0) is 95.2 Å². The van der Waals surface area contributed by atoms with Crippen LogP contribution in [-0.2, 0) is 61.7 Å². The number of hydrogen-bond acceptors (Lipinski definition) is 30. The zero-order valence-corrected chi connectivity index (χ0v) is 67.3. The summed E-state index contributed by atoms with van der Waals surface area (Å²) in [4.78, 5) is -2.70. The van der Waals surface area contributed by atoms with E-state index in [4.69, 9.17) is 36.7 Å². The molecule has 10 aromatic rings. The molecular formula is C54H32N10Na6O20S6.